The molecule has 0 aliphatic rings. The van der Waals surface area contributed by atoms with Gasteiger partial charge in [0, 0.05) is 11.6 Å². The van der Waals surface area contributed by atoms with Gasteiger partial charge >= 0.3 is 10.2 Å². The predicted octanol–water partition coefficient (Wildman–Crippen LogP) is 3.93. The Hall–Kier alpha value is -1.81. The lowest BCUT2D eigenvalue weighted by molar-refractivity contribution is 0.547. The second-order valence-electron chi connectivity index (χ2n) is 4.97. The van der Waals surface area contributed by atoms with E-state index < -0.39 is 30.0 Å². The number of H-pyrrole nitrogens is 1. The number of anilines is 1. The molecule has 0 saturated heterocycles. The summed E-state index contributed by atoms with van der Waals surface area (Å²) in [5.74, 6) is 0. The summed E-state index contributed by atoms with van der Waals surface area (Å²) in [7, 11) is -9.62. The fourth-order valence-electron chi connectivity index (χ4n) is 2.33. The first-order chi connectivity index (χ1) is 11.6. The Balaban J connectivity index is 2.15. The highest BCUT2D eigenvalue weighted by Gasteiger charge is 2.26. The summed E-state index contributed by atoms with van der Waals surface area (Å²) in [4.78, 5) is 1.12. The first kappa shape index (κ1) is 18.0. The van der Waals surface area contributed by atoms with Crippen LogP contribution in [0.1, 0.15) is 0 Å². The van der Waals surface area contributed by atoms with Crippen LogP contribution in [0.3, 0.4) is 0 Å². The van der Waals surface area contributed by atoms with Gasteiger partial charge in [0.05, 0.1) is 21.2 Å². The van der Waals surface area contributed by atoms with E-state index in [1.165, 1.54) is 30.5 Å². The van der Waals surface area contributed by atoms with E-state index in [1.54, 1.807) is 0 Å². The Labute approximate surface area is 152 Å². The van der Waals surface area contributed by atoms with Gasteiger partial charge in [-0.05, 0) is 24.3 Å². The molecule has 2 aromatic carbocycles. The van der Waals surface area contributed by atoms with E-state index in [1.807, 2.05) is 0 Å². The van der Waals surface area contributed by atoms with Crippen molar-refractivity contribution in [1.82, 2.24) is 4.98 Å². The zero-order chi connectivity index (χ0) is 18.4. The first-order valence-corrected chi connectivity index (χ1v) is 10.2. The van der Waals surface area contributed by atoms with Gasteiger partial charge < -0.3 is 4.98 Å². The van der Waals surface area contributed by atoms with Crippen molar-refractivity contribution in [3.05, 3.63) is 52.6 Å². The Morgan fingerprint density at radius 2 is 1.56 bits per heavy atom. The lowest BCUT2D eigenvalue weighted by Crippen LogP contribution is -2.16. The second kappa shape index (κ2) is 6.17. The van der Waals surface area contributed by atoms with Crippen molar-refractivity contribution in [2.24, 2.45) is 0 Å². The van der Waals surface area contributed by atoms with Crippen LogP contribution in [0.5, 0.6) is 0 Å². The van der Waals surface area contributed by atoms with E-state index in [0.29, 0.717) is 15.9 Å². The number of aromatic nitrogens is 1. The molecule has 0 spiro atoms. The summed E-state index contributed by atoms with van der Waals surface area (Å²) in [6, 6.07) is 7.17. The normalized spacial score (nSPS) is 12.4. The summed E-state index contributed by atoms with van der Waals surface area (Å²) in [5, 5.41) is 0.985. The maximum absolute atomic E-state index is 13.4. The molecular formula is C14H9Cl2FN2O4S2. The van der Waals surface area contributed by atoms with Crippen molar-refractivity contribution in [2.45, 2.75) is 9.79 Å². The molecular weight excluding hydrogens is 414 g/mol. The molecule has 2 N–H and O–H groups in total. The summed E-state index contributed by atoms with van der Waals surface area (Å²) >= 11 is 12.0. The number of hydrogen-bond acceptors (Lipinski definition) is 4. The maximum Gasteiger partial charge on any atom is 0.333 e. The van der Waals surface area contributed by atoms with Gasteiger partial charge in [-0.1, -0.05) is 35.3 Å². The van der Waals surface area contributed by atoms with E-state index in [2.05, 4.69) is 9.71 Å². The largest absolute Gasteiger partial charge is 0.358 e. The van der Waals surface area contributed by atoms with Crippen molar-refractivity contribution < 1.29 is 20.7 Å². The minimum atomic E-state index is -5.22. The Morgan fingerprint density at radius 3 is 2.20 bits per heavy atom. The fraction of sp³-hybridized carbons (Fsp3) is 0. The molecule has 11 heteroatoms. The molecule has 1 aromatic heterocycles. The van der Waals surface area contributed by atoms with Crippen LogP contribution in [0.4, 0.5) is 9.57 Å². The third kappa shape index (κ3) is 3.32. The standard InChI is InChI=1S/C14H9Cl2FN2O4S2/c15-8-5-6-10(14-13(8)9(16)7-18-14)19-25(22,23)12-4-2-1-3-11(12)24(17,20)21/h1-7,18-19H. The maximum atomic E-state index is 13.4. The highest BCUT2D eigenvalue weighted by molar-refractivity contribution is 7.94. The molecule has 0 aliphatic carbocycles. The first-order valence-electron chi connectivity index (χ1n) is 6.63. The molecule has 0 saturated carbocycles. The van der Waals surface area contributed by atoms with Crippen molar-refractivity contribution in [3.8, 4) is 0 Å². The van der Waals surface area contributed by atoms with Crippen LogP contribution in [0.15, 0.2) is 52.4 Å². The average molecular weight is 423 g/mol. The van der Waals surface area contributed by atoms with Gasteiger partial charge in [0.15, 0.2) is 0 Å². The monoisotopic (exact) mass is 422 g/mol. The minimum Gasteiger partial charge on any atom is -0.358 e. The molecule has 3 aromatic rings. The summed E-state index contributed by atoms with van der Waals surface area (Å²) in [5.41, 5.74) is 0.388. The van der Waals surface area contributed by atoms with Gasteiger partial charge in [-0.15, -0.1) is 3.89 Å². The Kier molecular flexibility index (Phi) is 4.44. The number of hydrogen-bond donors (Lipinski definition) is 2. The van der Waals surface area contributed by atoms with Crippen LogP contribution in [-0.2, 0) is 20.2 Å². The van der Waals surface area contributed by atoms with Gasteiger partial charge in [-0.25, -0.2) is 8.42 Å². The molecule has 0 unspecified atom stereocenters. The van der Waals surface area contributed by atoms with Crippen LogP contribution >= 0.6 is 23.2 Å². The second-order valence-corrected chi connectivity index (χ2v) is 8.75. The lowest BCUT2D eigenvalue weighted by Gasteiger charge is -2.11. The highest BCUT2D eigenvalue weighted by atomic mass is 35.5. The highest BCUT2D eigenvalue weighted by Crippen LogP contribution is 2.35. The van der Waals surface area contributed by atoms with E-state index in [9.17, 15) is 20.7 Å². The van der Waals surface area contributed by atoms with Crippen molar-refractivity contribution in [2.75, 3.05) is 4.72 Å². The van der Waals surface area contributed by atoms with Crippen molar-refractivity contribution in [1.29, 1.82) is 0 Å². The van der Waals surface area contributed by atoms with E-state index in [4.69, 9.17) is 23.2 Å². The number of sulfonamides is 1. The molecule has 0 atom stereocenters. The van der Waals surface area contributed by atoms with Crippen molar-refractivity contribution in [3.63, 3.8) is 0 Å². The summed E-state index contributed by atoms with van der Waals surface area (Å²) < 4.78 is 63.2. The van der Waals surface area contributed by atoms with Gasteiger partial charge in [0.2, 0.25) is 0 Å². The smallest absolute Gasteiger partial charge is 0.333 e. The van der Waals surface area contributed by atoms with Gasteiger partial charge in [-0.3, -0.25) is 4.72 Å². The van der Waals surface area contributed by atoms with Crippen LogP contribution in [0, 0.1) is 0 Å². The van der Waals surface area contributed by atoms with Crippen molar-refractivity contribution >= 4 is 60.0 Å². The number of halogens is 3. The molecule has 3 rings (SSSR count). The van der Waals surface area contributed by atoms with Crippen LogP contribution < -0.4 is 4.72 Å². The Bertz CT molecular complexity index is 1190. The molecule has 0 fully saturated rings. The number of nitrogens with one attached hydrogen (secondary N) is 2. The summed E-state index contributed by atoms with van der Waals surface area (Å²) in [6.45, 7) is 0. The molecule has 0 bridgehead atoms. The quantitative estimate of drug-likeness (QED) is 0.622. The molecule has 25 heavy (non-hydrogen) atoms. The van der Waals surface area contributed by atoms with E-state index in [0.717, 1.165) is 12.1 Å². The van der Waals surface area contributed by atoms with Crippen LogP contribution in [-0.4, -0.2) is 21.8 Å². The van der Waals surface area contributed by atoms with Gasteiger partial charge in [-0.2, -0.15) is 8.42 Å². The number of fused-ring (bicyclic) bond motifs is 1. The average Bonchev–Trinajstić information content (AvgIpc) is 2.92. The number of benzene rings is 2. The molecule has 0 radical (unpaired) electrons. The molecule has 0 aliphatic heterocycles. The molecule has 1 heterocycles. The lowest BCUT2D eigenvalue weighted by atomic mass is 10.2. The molecule has 132 valence electrons. The van der Waals surface area contributed by atoms with E-state index >= 15 is 0 Å². The van der Waals surface area contributed by atoms with E-state index in [-0.39, 0.29) is 10.7 Å². The zero-order valence-corrected chi connectivity index (χ0v) is 15.3. The SMILES string of the molecule is O=S(=O)(F)c1ccccc1S(=O)(=O)Nc1ccc(Cl)c2c(Cl)c[nH]c12. The zero-order valence-electron chi connectivity index (χ0n) is 12.1. The Morgan fingerprint density at radius 1 is 0.920 bits per heavy atom. The topological polar surface area (TPSA) is 96.1 Å². The summed E-state index contributed by atoms with van der Waals surface area (Å²) in [6.07, 6.45) is 1.43. The number of rotatable bonds is 4. The van der Waals surface area contributed by atoms with Crippen LogP contribution in [0.2, 0.25) is 10.0 Å². The molecule has 0 amide bonds. The predicted molar refractivity (Wildman–Crippen MR) is 93.9 cm³/mol. The third-order valence-corrected chi connectivity index (χ3v) is 6.43. The minimum absolute atomic E-state index is 0.0809. The van der Waals surface area contributed by atoms with Crippen LogP contribution in [0.25, 0.3) is 10.9 Å². The molecule has 6 nitrogen and oxygen atoms in total. The van der Waals surface area contributed by atoms with Gasteiger partial charge in [0.25, 0.3) is 10.0 Å². The van der Waals surface area contributed by atoms with Gasteiger partial charge in [0.1, 0.15) is 9.79 Å². The third-order valence-electron chi connectivity index (χ3n) is 3.38. The fourth-order valence-corrected chi connectivity index (χ4v) is 5.22. The number of aromatic amines is 1.